The Morgan fingerprint density at radius 2 is 2.00 bits per heavy atom. The molecule has 0 aliphatic rings. The quantitative estimate of drug-likeness (QED) is 0.784. The van der Waals surface area contributed by atoms with Crippen LogP contribution in [0.1, 0.15) is 17.5 Å². The number of hydrogen-bond donors (Lipinski definition) is 0. The van der Waals surface area contributed by atoms with Crippen molar-refractivity contribution < 1.29 is 0 Å². The van der Waals surface area contributed by atoms with Crippen LogP contribution in [0.2, 0.25) is 0 Å². The molecule has 1 aromatic carbocycles. The second-order valence-corrected chi connectivity index (χ2v) is 5.19. The van der Waals surface area contributed by atoms with E-state index < -0.39 is 0 Å². The fourth-order valence-electron chi connectivity index (χ4n) is 2.37. The topological polar surface area (TPSA) is 8.17 Å². The molecule has 0 saturated heterocycles. The Hall–Kier alpha value is -1.28. The van der Waals surface area contributed by atoms with Crippen molar-refractivity contribution in [3.05, 3.63) is 35.5 Å². The number of hydrogen-bond acceptors (Lipinski definition) is 1. The lowest BCUT2D eigenvalue weighted by atomic mass is 10.1. The summed E-state index contributed by atoms with van der Waals surface area (Å²) >= 11 is 0. The molecule has 17 heavy (non-hydrogen) atoms. The van der Waals surface area contributed by atoms with Gasteiger partial charge in [-0.1, -0.05) is 11.6 Å². The third kappa shape index (κ3) is 2.70. The van der Waals surface area contributed by atoms with Gasteiger partial charge in [0, 0.05) is 24.1 Å². The molecule has 2 rings (SSSR count). The van der Waals surface area contributed by atoms with E-state index in [2.05, 4.69) is 61.9 Å². The molecule has 1 aromatic heterocycles. The maximum absolute atomic E-state index is 2.31. The molecule has 0 atom stereocenters. The molecular formula is C15H22N2. The van der Waals surface area contributed by atoms with Crippen LogP contribution in [0.4, 0.5) is 0 Å². The molecule has 0 amide bonds. The van der Waals surface area contributed by atoms with Crippen molar-refractivity contribution >= 4 is 10.9 Å². The SMILES string of the molecule is Cc1ccc2c(c1)c(CCCN(C)C)cn2C. The zero-order valence-corrected chi connectivity index (χ0v) is 11.3. The van der Waals surface area contributed by atoms with Gasteiger partial charge in [-0.15, -0.1) is 0 Å². The number of rotatable bonds is 4. The van der Waals surface area contributed by atoms with Crippen molar-refractivity contribution in [2.75, 3.05) is 20.6 Å². The largest absolute Gasteiger partial charge is 0.350 e. The molecule has 92 valence electrons. The Kier molecular flexibility index (Phi) is 3.53. The number of fused-ring (bicyclic) bond motifs is 1. The Morgan fingerprint density at radius 3 is 2.71 bits per heavy atom. The highest BCUT2D eigenvalue weighted by Gasteiger charge is 2.06. The number of nitrogens with zero attached hydrogens (tertiary/aromatic N) is 2. The maximum atomic E-state index is 2.31. The van der Waals surface area contributed by atoms with Gasteiger partial charge < -0.3 is 9.47 Å². The molecule has 0 unspecified atom stereocenters. The zero-order valence-electron chi connectivity index (χ0n) is 11.3. The van der Waals surface area contributed by atoms with E-state index in [0.717, 1.165) is 6.54 Å². The Morgan fingerprint density at radius 1 is 1.24 bits per heavy atom. The van der Waals surface area contributed by atoms with Gasteiger partial charge in [0.1, 0.15) is 0 Å². The Labute approximate surface area is 104 Å². The minimum Gasteiger partial charge on any atom is -0.350 e. The molecule has 0 spiro atoms. The van der Waals surface area contributed by atoms with Gasteiger partial charge in [0.25, 0.3) is 0 Å². The summed E-state index contributed by atoms with van der Waals surface area (Å²) < 4.78 is 2.24. The summed E-state index contributed by atoms with van der Waals surface area (Å²) in [5.74, 6) is 0. The molecule has 0 bridgehead atoms. The molecule has 2 aromatic rings. The average Bonchev–Trinajstić information content (AvgIpc) is 2.55. The van der Waals surface area contributed by atoms with Crippen molar-refractivity contribution in [3.63, 3.8) is 0 Å². The van der Waals surface area contributed by atoms with Crippen LogP contribution in [0.25, 0.3) is 10.9 Å². The van der Waals surface area contributed by atoms with Gasteiger partial charge in [-0.25, -0.2) is 0 Å². The van der Waals surface area contributed by atoms with E-state index in [4.69, 9.17) is 0 Å². The molecule has 0 fully saturated rings. The van der Waals surface area contributed by atoms with Crippen LogP contribution in [0.5, 0.6) is 0 Å². The lowest BCUT2D eigenvalue weighted by Gasteiger charge is -2.08. The van der Waals surface area contributed by atoms with E-state index in [1.165, 1.54) is 34.9 Å². The van der Waals surface area contributed by atoms with E-state index in [9.17, 15) is 0 Å². The van der Waals surface area contributed by atoms with Gasteiger partial charge in [-0.05, 0) is 58.1 Å². The molecule has 0 saturated carbocycles. The van der Waals surface area contributed by atoms with Crippen LogP contribution in [0, 0.1) is 6.92 Å². The van der Waals surface area contributed by atoms with Crippen molar-refractivity contribution in [2.24, 2.45) is 7.05 Å². The monoisotopic (exact) mass is 230 g/mol. The van der Waals surface area contributed by atoms with Gasteiger partial charge in [0.2, 0.25) is 0 Å². The lowest BCUT2D eigenvalue weighted by Crippen LogP contribution is -2.13. The van der Waals surface area contributed by atoms with Crippen LogP contribution in [-0.4, -0.2) is 30.1 Å². The molecule has 0 aliphatic heterocycles. The van der Waals surface area contributed by atoms with Crippen molar-refractivity contribution in [1.29, 1.82) is 0 Å². The summed E-state index contributed by atoms with van der Waals surface area (Å²) in [5, 5.41) is 1.42. The second kappa shape index (κ2) is 4.92. The molecule has 0 aliphatic carbocycles. The van der Waals surface area contributed by atoms with Crippen LogP contribution < -0.4 is 0 Å². The summed E-state index contributed by atoms with van der Waals surface area (Å²) in [4.78, 5) is 2.25. The van der Waals surface area contributed by atoms with E-state index in [-0.39, 0.29) is 0 Å². The predicted molar refractivity (Wildman–Crippen MR) is 74.5 cm³/mol. The summed E-state index contributed by atoms with van der Waals surface area (Å²) in [6, 6.07) is 6.71. The molecule has 2 nitrogen and oxygen atoms in total. The number of benzene rings is 1. The highest BCUT2D eigenvalue weighted by molar-refractivity contribution is 5.84. The summed E-state index contributed by atoms with van der Waals surface area (Å²) in [6.07, 6.45) is 4.67. The third-order valence-corrected chi connectivity index (χ3v) is 3.28. The molecule has 0 N–H and O–H groups in total. The van der Waals surface area contributed by atoms with Gasteiger partial charge in [-0.3, -0.25) is 0 Å². The minimum atomic E-state index is 1.15. The standard InChI is InChI=1S/C15H22N2/c1-12-7-8-15-14(10-12)13(11-17(15)4)6-5-9-16(2)3/h7-8,10-11H,5-6,9H2,1-4H3. The Bertz CT molecular complexity index is 509. The van der Waals surface area contributed by atoms with E-state index in [0.29, 0.717) is 0 Å². The number of aromatic nitrogens is 1. The van der Waals surface area contributed by atoms with Crippen molar-refractivity contribution in [2.45, 2.75) is 19.8 Å². The summed E-state index contributed by atoms with van der Waals surface area (Å²) in [6.45, 7) is 3.32. The van der Waals surface area contributed by atoms with Crippen LogP contribution >= 0.6 is 0 Å². The third-order valence-electron chi connectivity index (χ3n) is 3.28. The smallest absolute Gasteiger partial charge is 0.0480 e. The second-order valence-electron chi connectivity index (χ2n) is 5.19. The van der Waals surface area contributed by atoms with Gasteiger partial charge >= 0.3 is 0 Å². The molecule has 2 heteroatoms. The minimum absolute atomic E-state index is 1.15. The molecule has 0 radical (unpaired) electrons. The van der Waals surface area contributed by atoms with E-state index >= 15 is 0 Å². The first-order chi connectivity index (χ1) is 8.08. The Balaban J connectivity index is 2.24. The fraction of sp³-hybridized carbons (Fsp3) is 0.467. The number of aryl methyl sites for hydroxylation is 3. The highest BCUT2D eigenvalue weighted by atomic mass is 15.0. The van der Waals surface area contributed by atoms with Crippen LogP contribution in [0.3, 0.4) is 0 Å². The van der Waals surface area contributed by atoms with Crippen LogP contribution in [-0.2, 0) is 13.5 Å². The highest BCUT2D eigenvalue weighted by Crippen LogP contribution is 2.23. The maximum Gasteiger partial charge on any atom is 0.0480 e. The van der Waals surface area contributed by atoms with Crippen LogP contribution in [0.15, 0.2) is 24.4 Å². The van der Waals surface area contributed by atoms with Gasteiger partial charge in [0.15, 0.2) is 0 Å². The average molecular weight is 230 g/mol. The van der Waals surface area contributed by atoms with E-state index in [1.54, 1.807) is 0 Å². The summed E-state index contributed by atoms with van der Waals surface area (Å²) in [7, 11) is 6.40. The predicted octanol–water partition coefficient (Wildman–Crippen LogP) is 2.98. The normalized spacial score (nSPS) is 11.6. The van der Waals surface area contributed by atoms with Gasteiger partial charge in [-0.2, -0.15) is 0 Å². The summed E-state index contributed by atoms with van der Waals surface area (Å²) in [5.41, 5.74) is 4.17. The first-order valence-electron chi connectivity index (χ1n) is 6.27. The first kappa shape index (κ1) is 12.2. The fourth-order valence-corrected chi connectivity index (χ4v) is 2.37. The van der Waals surface area contributed by atoms with Gasteiger partial charge in [0.05, 0.1) is 0 Å². The van der Waals surface area contributed by atoms with E-state index in [1.807, 2.05) is 0 Å². The first-order valence-corrected chi connectivity index (χ1v) is 6.27. The lowest BCUT2D eigenvalue weighted by molar-refractivity contribution is 0.400. The zero-order chi connectivity index (χ0) is 12.4. The van der Waals surface area contributed by atoms with Crippen molar-refractivity contribution in [3.8, 4) is 0 Å². The molecule has 1 heterocycles. The molecular weight excluding hydrogens is 208 g/mol. The van der Waals surface area contributed by atoms with Crippen molar-refractivity contribution in [1.82, 2.24) is 9.47 Å².